The van der Waals surface area contributed by atoms with Gasteiger partial charge in [0.15, 0.2) is 0 Å². The van der Waals surface area contributed by atoms with Crippen molar-refractivity contribution in [2.24, 2.45) is 34.5 Å². The zero-order valence-electron chi connectivity index (χ0n) is 14.9. The van der Waals surface area contributed by atoms with E-state index in [1.807, 2.05) is 0 Å². The number of hydrogen-bond donors (Lipinski definition) is 0. The number of ketones is 1. The zero-order valence-corrected chi connectivity index (χ0v) is 14.9. The predicted octanol–water partition coefficient (Wildman–Crippen LogP) is 4.76. The Labute approximate surface area is 140 Å². The molecule has 4 aliphatic carbocycles. The SMILES string of the molecule is CC[C@]12CCC3(CO3)C[C@H]1CC[C@@H]1[C@@H]2CC[C@]2(C)C(=O)CC[C@@H]12. The van der Waals surface area contributed by atoms with Gasteiger partial charge in [-0.1, -0.05) is 13.8 Å². The molecular weight excluding hydrogens is 284 g/mol. The molecule has 23 heavy (non-hydrogen) atoms. The molecule has 0 aromatic carbocycles. The molecule has 0 amide bonds. The van der Waals surface area contributed by atoms with Crippen LogP contribution in [-0.4, -0.2) is 18.0 Å². The van der Waals surface area contributed by atoms with Crippen molar-refractivity contribution in [3.63, 3.8) is 0 Å². The van der Waals surface area contributed by atoms with Gasteiger partial charge in [0.1, 0.15) is 5.78 Å². The van der Waals surface area contributed by atoms with Gasteiger partial charge in [-0.2, -0.15) is 0 Å². The summed E-state index contributed by atoms with van der Waals surface area (Å²) >= 11 is 0. The molecule has 1 heterocycles. The van der Waals surface area contributed by atoms with Gasteiger partial charge in [0, 0.05) is 11.8 Å². The van der Waals surface area contributed by atoms with Gasteiger partial charge < -0.3 is 4.74 Å². The second kappa shape index (κ2) is 4.62. The molecular formula is C21H32O2. The van der Waals surface area contributed by atoms with Crippen LogP contribution >= 0.6 is 0 Å². The maximum atomic E-state index is 12.5. The number of carbonyl (C=O) groups is 1. The van der Waals surface area contributed by atoms with Crippen LogP contribution in [0.3, 0.4) is 0 Å². The lowest BCUT2D eigenvalue weighted by molar-refractivity contribution is -0.144. The lowest BCUT2D eigenvalue weighted by atomic mass is 9.43. The van der Waals surface area contributed by atoms with Crippen molar-refractivity contribution in [2.75, 3.05) is 6.61 Å². The summed E-state index contributed by atoms with van der Waals surface area (Å²) in [5, 5.41) is 0. The third-order valence-electron chi connectivity index (χ3n) is 9.42. The van der Waals surface area contributed by atoms with Gasteiger partial charge in [-0.15, -0.1) is 0 Å². The van der Waals surface area contributed by atoms with Crippen LogP contribution in [0, 0.1) is 34.5 Å². The van der Waals surface area contributed by atoms with Crippen molar-refractivity contribution in [3.8, 4) is 0 Å². The van der Waals surface area contributed by atoms with Crippen LogP contribution in [0.4, 0.5) is 0 Å². The minimum Gasteiger partial charge on any atom is -0.370 e. The summed E-state index contributed by atoms with van der Waals surface area (Å²) in [5.41, 5.74) is 0.925. The molecule has 0 radical (unpaired) electrons. The molecule has 5 fully saturated rings. The Morgan fingerprint density at radius 3 is 2.65 bits per heavy atom. The molecule has 0 aromatic rings. The average Bonchev–Trinajstić information content (AvgIpc) is 3.24. The number of rotatable bonds is 1. The summed E-state index contributed by atoms with van der Waals surface area (Å²) in [6.07, 6.45) is 12.7. The highest BCUT2D eigenvalue weighted by Crippen LogP contribution is 2.68. The maximum absolute atomic E-state index is 12.5. The first-order chi connectivity index (χ1) is 11.0. The van der Waals surface area contributed by atoms with Gasteiger partial charge >= 0.3 is 0 Å². The molecule has 1 unspecified atom stereocenters. The van der Waals surface area contributed by atoms with E-state index in [2.05, 4.69) is 13.8 Å². The van der Waals surface area contributed by atoms with E-state index in [-0.39, 0.29) is 5.41 Å². The molecule has 7 atom stereocenters. The normalized spacial score (nSPS) is 57.7. The Morgan fingerprint density at radius 2 is 1.91 bits per heavy atom. The van der Waals surface area contributed by atoms with E-state index in [1.165, 1.54) is 57.8 Å². The molecule has 0 aromatic heterocycles. The second-order valence-electron chi connectivity index (χ2n) is 9.83. The third kappa shape index (κ3) is 1.82. The van der Waals surface area contributed by atoms with Crippen molar-refractivity contribution in [3.05, 3.63) is 0 Å². The van der Waals surface area contributed by atoms with Gasteiger partial charge in [-0.25, -0.2) is 0 Å². The van der Waals surface area contributed by atoms with Crippen LogP contribution in [0.15, 0.2) is 0 Å². The molecule has 5 rings (SSSR count). The first-order valence-electron chi connectivity index (χ1n) is 10.2. The number of hydrogen-bond acceptors (Lipinski definition) is 2. The fourth-order valence-corrected chi connectivity index (χ4v) is 7.96. The van der Waals surface area contributed by atoms with Gasteiger partial charge in [-0.3, -0.25) is 4.79 Å². The Balaban J connectivity index is 1.47. The van der Waals surface area contributed by atoms with Gasteiger partial charge in [-0.05, 0) is 86.9 Å². The van der Waals surface area contributed by atoms with Crippen LogP contribution in [-0.2, 0) is 9.53 Å². The summed E-state index contributed by atoms with van der Waals surface area (Å²) in [4.78, 5) is 12.5. The van der Waals surface area contributed by atoms with Crippen molar-refractivity contribution in [1.82, 2.24) is 0 Å². The highest BCUT2D eigenvalue weighted by molar-refractivity contribution is 5.87. The minimum atomic E-state index is 0.0401. The first-order valence-corrected chi connectivity index (χ1v) is 10.2. The summed E-state index contributed by atoms with van der Waals surface area (Å²) in [5.74, 6) is 3.91. The van der Waals surface area contributed by atoms with Crippen LogP contribution in [0.25, 0.3) is 0 Å². The Hall–Kier alpha value is -0.370. The zero-order chi connectivity index (χ0) is 15.9. The molecule has 2 nitrogen and oxygen atoms in total. The summed E-state index contributed by atoms with van der Waals surface area (Å²) in [7, 11) is 0. The van der Waals surface area contributed by atoms with E-state index < -0.39 is 0 Å². The van der Waals surface area contributed by atoms with Gasteiger partial charge in [0.2, 0.25) is 0 Å². The van der Waals surface area contributed by atoms with E-state index in [0.717, 1.165) is 30.8 Å². The minimum absolute atomic E-state index is 0.0401. The van der Waals surface area contributed by atoms with E-state index in [1.54, 1.807) is 0 Å². The third-order valence-corrected chi connectivity index (χ3v) is 9.42. The van der Waals surface area contributed by atoms with Crippen LogP contribution in [0.5, 0.6) is 0 Å². The quantitative estimate of drug-likeness (QED) is 0.653. The van der Waals surface area contributed by atoms with Crippen molar-refractivity contribution >= 4 is 5.78 Å². The topological polar surface area (TPSA) is 29.6 Å². The summed E-state index contributed by atoms with van der Waals surface area (Å²) in [6.45, 7) is 5.79. The molecule has 128 valence electrons. The molecule has 0 bridgehead atoms. The summed E-state index contributed by atoms with van der Waals surface area (Å²) in [6, 6.07) is 0. The number of epoxide rings is 1. The predicted molar refractivity (Wildman–Crippen MR) is 90.0 cm³/mol. The highest BCUT2D eigenvalue weighted by atomic mass is 16.6. The smallest absolute Gasteiger partial charge is 0.139 e. The maximum Gasteiger partial charge on any atom is 0.139 e. The van der Waals surface area contributed by atoms with Crippen LogP contribution < -0.4 is 0 Å². The van der Waals surface area contributed by atoms with E-state index in [0.29, 0.717) is 22.7 Å². The Kier molecular flexibility index (Phi) is 3.00. The molecule has 2 heteroatoms. The number of Topliss-reactive ketones (excluding diaryl/α,β-unsaturated/α-hetero) is 1. The lowest BCUT2D eigenvalue weighted by Crippen LogP contribution is -2.55. The molecule has 1 aliphatic heterocycles. The monoisotopic (exact) mass is 316 g/mol. The standard InChI is InChI=1S/C21H32O2/c1-3-21-11-10-20(13-23-20)12-14(21)4-5-15-16-6-7-18(22)19(16,2)9-8-17(15)21/h14-17H,3-13H2,1-2H3/t14-,15+,16+,17+,19+,20?,21+/m1/s1. The van der Waals surface area contributed by atoms with Crippen molar-refractivity contribution < 1.29 is 9.53 Å². The summed E-state index contributed by atoms with van der Waals surface area (Å²) < 4.78 is 5.87. The average molecular weight is 316 g/mol. The number of ether oxygens (including phenoxy) is 1. The van der Waals surface area contributed by atoms with Crippen molar-refractivity contribution in [1.29, 1.82) is 0 Å². The fraction of sp³-hybridized carbons (Fsp3) is 0.952. The Bertz CT molecular complexity index is 536. The Morgan fingerprint density at radius 1 is 1.09 bits per heavy atom. The lowest BCUT2D eigenvalue weighted by Gasteiger charge is -2.61. The molecule has 4 saturated carbocycles. The fourth-order valence-electron chi connectivity index (χ4n) is 7.96. The number of fused-ring (bicyclic) bond motifs is 5. The number of carbonyl (C=O) groups excluding carboxylic acids is 1. The highest BCUT2D eigenvalue weighted by Gasteiger charge is 2.64. The van der Waals surface area contributed by atoms with Gasteiger partial charge in [0.25, 0.3) is 0 Å². The van der Waals surface area contributed by atoms with Crippen molar-refractivity contribution in [2.45, 2.75) is 83.7 Å². The largest absolute Gasteiger partial charge is 0.370 e. The molecule has 0 N–H and O–H groups in total. The molecule has 5 aliphatic rings. The van der Waals surface area contributed by atoms with Crippen LogP contribution in [0.1, 0.15) is 78.1 Å². The molecule has 1 spiro atoms. The van der Waals surface area contributed by atoms with Crippen LogP contribution in [0.2, 0.25) is 0 Å². The van der Waals surface area contributed by atoms with Gasteiger partial charge in [0.05, 0.1) is 12.2 Å². The second-order valence-corrected chi connectivity index (χ2v) is 9.83. The van der Waals surface area contributed by atoms with E-state index in [9.17, 15) is 4.79 Å². The van der Waals surface area contributed by atoms with E-state index in [4.69, 9.17) is 4.74 Å². The van der Waals surface area contributed by atoms with E-state index >= 15 is 0 Å². The first kappa shape index (κ1) is 14.9. The molecule has 1 saturated heterocycles.